The maximum atomic E-state index is 2.49. The Morgan fingerprint density at radius 1 is 0.298 bits per heavy atom. The molecule has 0 aliphatic carbocycles. The fourth-order valence-electron chi connectivity index (χ4n) is 9.39. The lowest BCUT2D eigenvalue weighted by molar-refractivity contribution is 1.18. The zero-order valence-corrected chi connectivity index (χ0v) is 32.9. The third-order valence-corrected chi connectivity index (χ3v) is 15.3. The lowest BCUT2D eigenvalue weighted by Gasteiger charge is -2.10. The molecule has 13 rings (SSSR count). The van der Waals surface area contributed by atoms with E-state index in [1.807, 2.05) is 34.0 Å². The van der Waals surface area contributed by atoms with Gasteiger partial charge in [0, 0.05) is 54.5 Å². The Morgan fingerprint density at radius 2 is 0.719 bits per heavy atom. The number of benzene rings is 8. The third kappa shape index (κ3) is 4.50. The molecule has 0 saturated heterocycles. The van der Waals surface area contributed by atoms with Crippen LogP contribution in [0.3, 0.4) is 0 Å². The highest BCUT2D eigenvalue weighted by Crippen LogP contribution is 2.50. The Balaban J connectivity index is 1.05. The van der Waals surface area contributed by atoms with Gasteiger partial charge in [-0.2, -0.15) is 0 Å². The van der Waals surface area contributed by atoms with E-state index >= 15 is 0 Å². The molecule has 5 heterocycles. The van der Waals surface area contributed by atoms with Crippen LogP contribution < -0.4 is 0 Å². The van der Waals surface area contributed by atoms with Crippen LogP contribution in [0.4, 0.5) is 0 Å². The minimum absolute atomic E-state index is 1.18. The maximum Gasteiger partial charge on any atom is 0.0541 e. The summed E-state index contributed by atoms with van der Waals surface area (Å²) in [6, 6.07) is 62.8. The highest BCUT2D eigenvalue weighted by molar-refractivity contribution is 7.33. The minimum Gasteiger partial charge on any atom is -0.309 e. The first kappa shape index (κ1) is 31.7. The first-order chi connectivity index (χ1) is 28.3. The Labute approximate surface area is 339 Å². The van der Waals surface area contributed by atoms with Gasteiger partial charge < -0.3 is 9.13 Å². The van der Waals surface area contributed by atoms with Crippen molar-refractivity contribution in [3.05, 3.63) is 181 Å². The molecule has 0 unspecified atom stereocenters. The van der Waals surface area contributed by atoms with Gasteiger partial charge in [0.1, 0.15) is 0 Å². The first-order valence-corrected chi connectivity index (χ1v) is 21.8. The van der Waals surface area contributed by atoms with Gasteiger partial charge in [0.2, 0.25) is 0 Å². The second kappa shape index (κ2) is 12.0. The number of aromatic nitrogens is 2. The fraction of sp³-hybridized carbons (Fsp3) is 0. The Hall–Kier alpha value is -6.50. The molecular weight excluding hydrogens is 749 g/mol. The highest BCUT2D eigenvalue weighted by atomic mass is 32.1. The maximum absolute atomic E-state index is 2.49. The minimum atomic E-state index is 1.18. The van der Waals surface area contributed by atoms with E-state index < -0.39 is 0 Å². The molecule has 5 heteroatoms. The molecule has 266 valence electrons. The van der Waals surface area contributed by atoms with Crippen LogP contribution in [0, 0.1) is 0 Å². The molecule has 13 aromatic rings. The van der Waals surface area contributed by atoms with Crippen molar-refractivity contribution in [3.8, 4) is 33.6 Å². The summed E-state index contributed by atoms with van der Waals surface area (Å²) in [5.41, 5.74) is 12.4. The number of thiophene rings is 3. The van der Waals surface area contributed by atoms with Gasteiger partial charge in [-0.15, -0.1) is 34.0 Å². The summed E-state index contributed by atoms with van der Waals surface area (Å²) in [6.07, 6.45) is 0. The van der Waals surface area contributed by atoms with E-state index in [0.717, 1.165) is 0 Å². The van der Waals surface area contributed by atoms with Gasteiger partial charge in [0.05, 0.1) is 40.9 Å². The molecule has 2 nitrogen and oxygen atoms in total. The van der Waals surface area contributed by atoms with Crippen molar-refractivity contribution in [2.75, 3.05) is 0 Å². The molecule has 8 aromatic carbocycles. The Morgan fingerprint density at radius 3 is 1.19 bits per heavy atom. The Bertz CT molecular complexity index is 3500. The van der Waals surface area contributed by atoms with Gasteiger partial charge >= 0.3 is 0 Å². The van der Waals surface area contributed by atoms with Crippen LogP contribution in [-0.4, -0.2) is 9.13 Å². The third-order valence-electron chi connectivity index (χ3n) is 11.9. The number of hydrogen-bond acceptors (Lipinski definition) is 3. The van der Waals surface area contributed by atoms with E-state index in [4.69, 9.17) is 0 Å². The average Bonchev–Trinajstić information content (AvgIpc) is 4.11. The van der Waals surface area contributed by atoms with E-state index in [0.29, 0.717) is 0 Å². The largest absolute Gasteiger partial charge is 0.309 e. The molecule has 0 saturated carbocycles. The zero-order valence-electron chi connectivity index (χ0n) is 30.4. The first-order valence-electron chi connectivity index (χ1n) is 19.2. The van der Waals surface area contributed by atoms with Crippen molar-refractivity contribution < 1.29 is 0 Å². The van der Waals surface area contributed by atoms with Crippen LogP contribution in [-0.2, 0) is 0 Å². The van der Waals surface area contributed by atoms with Crippen LogP contribution in [0.5, 0.6) is 0 Å². The molecular formula is C52H30N2S3. The summed E-state index contributed by atoms with van der Waals surface area (Å²) in [4.78, 5) is 0. The highest BCUT2D eigenvalue weighted by Gasteiger charge is 2.21. The quantitative estimate of drug-likeness (QED) is 0.168. The zero-order chi connectivity index (χ0) is 37.2. The van der Waals surface area contributed by atoms with Gasteiger partial charge in [0.25, 0.3) is 0 Å². The predicted octanol–water partition coefficient (Wildman–Crippen LogP) is 16.0. The summed E-state index contributed by atoms with van der Waals surface area (Å²) < 4.78 is 10.3. The smallest absolute Gasteiger partial charge is 0.0541 e. The van der Waals surface area contributed by atoms with Crippen LogP contribution >= 0.6 is 34.0 Å². The predicted molar refractivity (Wildman–Crippen MR) is 250 cm³/mol. The lowest BCUT2D eigenvalue weighted by Crippen LogP contribution is -1.92. The monoisotopic (exact) mass is 778 g/mol. The molecule has 0 N–H and O–H groups in total. The van der Waals surface area contributed by atoms with Crippen LogP contribution in [0.15, 0.2) is 181 Å². The second-order valence-corrected chi connectivity index (χ2v) is 17.7. The van der Waals surface area contributed by atoms with Crippen LogP contribution in [0.1, 0.15) is 0 Å². The molecule has 0 radical (unpaired) electrons. The molecule has 0 fully saturated rings. The summed E-state index contributed by atoms with van der Waals surface area (Å²) >= 11 is 5.70. The molecule has 57 heavy (non-hydrogen) atoms. The molecule has 0 aliphatic rings. The van der Waals surface area contributed by atoms with E-state index in [-0.39, 0.29) is 0 Å². The number of fused-ring (bicyclic) bond motifs is 13. The van der Waals surface area contributed by atoms with Crippen molar-refractivity contribution in [2.24, 2.45) is 0 Å². The summed E-state index contributed by atoms with van der Waals surface area (Å²) in [6.45, 7) is 0. The molecule has 0 spiro atoms. The topological polar surface area (TPSA) is 9.86 Å². The summed E-state index contributed by atoms with van der Waals surface area (Å²) in [7, 11) is 0. The molecule has 5 aromatic heterocycles. The standard InChI is InChI=1S/C52H30N2S3/c1-3-11-33(12-4-1)53-45-17-9-7-15-35(45)41-27-31(19-21-47(41)53)39-29-43-44-30-40(38-24-26-56-50(38)52(44)57-51(43)49-37(39)23-25-55-49)32-20-22-48-42(28-32)36-16-8-10-18-46(36)54(48)34-13-5-2-6-14-34/h1-30H. The van der Waals surface area contributed by atoms with E-state index in [2.05, 4.69) is 190 Å². The lowest BCUT2D eigenvalue weighted by atomic mass is 9.95. The fourth-order valence-corrected chi connectivity index (χ4v) is 12.8. The van der Waals surface area contributed by atoms with Gasteiger partial charge in [-0.05, 0) is 118 Å². The van der Waals surface area contributed by atoms with Crippen molar-refractivity contribution in [1.82, 2.24) is 9.13 Å². The van der Waals surface area contributed by atoms with Gasteiger partial charge in [-0.1, -0.05) is 84.9 Å². The van der Waals surface area contributed by atoms with Crippen molar-refractivity contribution in [1.29, 1.82) is 0 Å². The number of para-hydroxylation sites is 4. The number of rotatable bonds is 4. The summed E-state index contributed by atoms with van der Waals surface area (Å²) in [5, 5.41) is 15.0. The van der Waals surface area contributed by atoms with Gasteiger partial charge in [-0.25, -0.2) is 0 Å². The van der Waals surface area contributed by atoms with Crippen LogP contribution in [0.2, 0.25) is 0 Å². The van der Waals surface area contributed by atoms with Crippen molar-refractivity contribution in [3.63, 3.8) is 0 Å². The van der Waals surface area contributed by atoms with Gasteiger partial charge in [0.15, 0.2) is 0 Å². The van der Waals surface area contributed by atoms with Crippen molar-refractivity contribution in [2.45, 2.75) is 0 Å². The van der Waals surface area contributed by atoms with Gasteiger partial charge in [-0.3, -0.25) is 0 Å². The SMILES string of the molecule is c1ccc(-n2c3ccccc3c3cc(-c4cc5c6cc(-c7ccc8c(c7)c7ccccc7n8-c7ccccc7)c7ccsc7c6sc5c5sccc45)ccc32)cc1. The average molecular weight is 779 g/mol. The van der Waals surface area contributed by atoms with E-state index in [1.54, 1.807) is 0 Å². The molecule has 0 amide bonds. The number of hydrogen-bond donors (Lipinski definition) is 0. The molecule has 0 aliphatic heterocycles. The van der Waals surface area contributed by atoms with E-state index in [1.165, 1.54) is 118 Å². The number of nitrogens with zero attached hydrogens (tertiary/aromatic N) is 2. The molecule has 0 atom stereocenters. The molecule has 0 bridgehead atoms. The summed E-state index contributed by atoms with van der Waals surface area (Å²) in [5.74, 6) is 0. The van der Waals surface area contributed by atoms with E-state index in [9.17, 15) is 0 Å². The Kier molecular flexibility index (Phi) is 6.67. The van der Waals surface area contributed by atoms with Crippen molar-refractivity contribution >= 4 is 118 Å². The van der Waals surface area contributed by atoms with Crippen LogP contribution in [0.25, 0.3) is 118 Å². The second-order valence-electron chi connectivity index (χ2n) is 14.9. The normalized spacial score (nSPS) is 12.2.